The number of methoxy groups -OCH3 is 2. The molecule has 0 radical (unpaired) electrons. The number of anilines is 3. The number of hydrogen-bond acceptors (Lipinski definition) is 7. The smallest absolute Gasteiger partial charge is 0.229 e. The van der Waals surface area contributed by atoms with Crippen LogP contribution in [0.3, 0.4) is 0 Å². The maximum absolute atomic E-state index is 5.30. The summed E-state index contributed by atoms with van der Waals surface area (Å²) in [5.74, 6) is 2.52. The lowest BCUT2D eigenvalue weighted by Gasteiger charge is -2.11. The first-order valence-electron chi connectivity index (χ1n) is 7.73. The average Bonchev–Trinajstić information content (AvgIpc) is 2.67. The molecule has 128 valence electrons. The van der Waals surface area contributed by atoms with Crippen LogP contribution < -0.4 is 20.1 Å². The van der Waals surface area contributed by atoms with Gasteiger partial charge in [0, 0.05) is 36.9 Å². The van der Waals surface area contributed by atoms with E-state index in [-0.39, 0.29) is 0 Å². The van der Waals surface area contributed by atoms with Crippen molar-refractivity contribution in [2.45, 2.75) is 6.54 Å². The molecule has 0 saturated carbocycles. The van der Waals surface area contributed by atoms with Gasteiger partial charge in [0.25, 0.3) is 0 Å². The molecule has 2 N–H and O–H groups in total. The van der Waals surface area contributed by atoms with E-state index in [0.717, 1.165) is 17.1 Å². The first-order valence-corrected chi connectivity index (χ1v) is 7.73. The fourth-order valence-electron chi connectivity index (χ4n) is 2.26. The van der Waals surface area contributed by atoms with Crippen molar-refractivity contribution >= 4 is 17.5 Å². The molecule has 0 aliphatic heterocycles. The molecule has 0 aliphatic rings. The quantitative estimate of drug-likeness (QED) is 0.685. The summed E-state index contributed by atoms with van der Waals surface area (Å²) in [4.78, 5) is 12.8. The van der Waals surface area contributed by atoms with Crippen molar-refractivity contribution in [2.24, 2.45) is 0 Å². The number of ether oxygens (including phenoxy) is 2. The Balaban J connectivity index is 1.69. The summed E-state index contributed by atoms with van der Waals surface area (Å²) in [6.45, 7) is 0.640. The molecule has 2 heterocycles. The molecular formula is C18H19N5O2. The lowest BCUT2D eigenvalue weighted by Crippen LogP contribution is -2.04. The number of benzene rings is 1. The molecule has 0 fully saturated rings. The number of hydrogen-bond donors (Lipinski definition) is 2. The van der Waals surface area contributed by atoms with Crippen LogP contribution in [0.4, 0.5) is 17.5 Å². The van der Waals surface area contributed by atoms with Crippen LogP contribution in [0.15, 0.2) is 55.0 Å². The van der Waals surface area contributed by atoms with Crippen molar-refractivity contribution in [3.8, 4) is 11.5 Å². The number of rotatable bonds is 7. The molecule has 0 saturated heterocycles. The third kappa shape index (κ3) is 4.35. The predicted octanol–water partition coefficient (Wildman–Crippen LogP) is 3.24. The van der Waals surface area contributed by atoms with Gasteiger partial charge in [-0.2, -0.15) is 4.98 Å². The molecule has 0 bridgehead atoms. The first kappa shape index (κ1) is 16.5. The molecule has 1 aromatic carbocycles. The standard InChI is InChI=1S/C18H19N5O2/c1-24-15-6-5-14(10-16(15)25-2)22-18-20-9-7-17(23-18)21-12-13-4-3-8-19-11-13/h3-11H,12H2,1-2H3,(H2,20,21,22,23). The highest BCUT2D eigenvalue weighted by Crippen LogP contribution is 2.30. The topological polar surface area (TPSA) is 81.2 Å². The van der Waals surface area contributed by atoms with Gasteiger partial charge in [0.05, 0.1) is 14.2 Å². The van der Waals surface area contributed by atoms with Gasteiger partial charge in [-0.3, -0.25) is 4.98 Å². The van der Waals surface area contributed by atoms with E-state index in [1.54, 1.807) is 26.6 Å². The maximum atomic E-state index is 5.30. The largest absolute Gasteiger partial charge is 0.493 e. The molecule has 25 heavy (non-hydrogen) atoms. The summed E-state index contributed by atoms with van der Waals surface area (Å²) >= 11 is 0. The van der Waals surface area contributed by atoms with E-state index in [9.17, 15) is 0 Å². The van der Waals surface area contributed by atoms with Crippen LogP contribution in [0.2, 0.25) is 0 Å². The molecule has 0 spiro atoms. The molecule has 0 aliphatic carbocycles. The Kier molecular flexibility index (Phi) is 5.26. The van der Waals surface area contributed by atoms with E-state index in [1.165, 1.54) is 0 Å². The van der Waals surface area contributed by atoms with Crippen molar-refractivity contribution in [2.75, 3.05) is 24.9 Å². The van der Waals surface area contributed by atoms with Gasteiger partial charge < -0.3 is 20.1 Å². The highest BCUT2D eigenvalue weighted by atomic mass is 16.5. The Morgan fingerprint density at radius 3 is 2.64 bits per heavy atom. The van der Waals surface area contributed by atoms with E-state index in [2.05, 4.69) is 25.6 Å². The monoisotopic (exact) mass is 337 g/mol. The minimum Gasteiger partial charge on any atom is -0.493 e. The Morgan fingerprint density at radius 2 is 1.88 bits per heavy atom. The van der Waals surface area contributed by atoms with Gasteiger partial charge in [0.1, 0.15) is 5.82 Å². The summed E-state index contributed by atoms with van der Waals surface area (Å²) in [5.41, 5.74) is 1.89. The zero-order valence-electron chi connectivity index (χ0n) is 14.1. The lowest BCUT2D eigenvalue weighted by molar-refractivity contribution is 0.355. The summed E-state index contributed by atoms with van der Waals surface area (Å²) in [6.07, 6.45) is 5.26. The van der Waals surface area contributed by atoms with Crippen molar-refractivity contribution in [1.82, 2.24) is 15.0 Å². The van der Waals surface area contributed by atoms with Gasteiger partial charge in [0.15, 0.2) is 11.5 Å². The van der Waals surface area contributed by atoms with Crippen molar-refractivity contribution in [3.05, 3.63) is 60.6 Å². The first-order chi connectivity index (χ1) is 12.3. The van der Waals surface area contributed by atoms with Crippen LogP contribution in [0.1, 0.15) is 5.56 Å². The Bertz CT molecular complexity index is 827. The number of nitrogens with zero attached hydrogens (tertiary/aromatic N) is 3. The van der Waals surface area contributed by atoms with E-state index in [4.69, 9.17) is 9.47 Å². The van der Waals surface area contributed by atoms with Gasteiger partial charge in [-0.1, -0.05) is 6.07 Å². The van der Waals surface area contributed by atoms with Crippen LogP contribution in [0.25, 0.3) is 0 Å². The second-order valence-corrected chi connectivity index (χ2v) is 5.18. The summed E-state index contributed by atoms with van der Waals surface area (Å²) < 4.78 is 10.5. The SMILES string of the molecule is COc1ccc(Nc2nccc(NCc3cccnc3)n2)cc1OC. The summed E-state index contributed by atoms with van der Waals surface area (Å²) in [7, 11) is 3.20. The van der Waals surface area contributed by atoms with Crippen LogP contribution in [-0.4, -0.2) is 29.2 Å². The van der Waals surface area contributed by atoms with E-state index >= 15 is 0 Å². The summed E-state index contributed by atoms with van der Waals surface area (Å²) in [6, 6.07) is 11.3. The van der Waals surface area contributed by atoms with Gasteiger partial charge in [-0.05, 0) is 29.8 Å². The molecule has 0 amide bonds. The molecule has 7 nitrogen and oxygen atoms in total. The average molecular weight is 337 g/mol. The maximum Gasteiger partial charge on any atom is 0.229 e. The summed E-state index contributed by atoms with van der Waals surface area (Å²) in [5, 5.41) is 6.41. The van der Waals surface area contributed by atoms with Gasteiger partial charge in [-0.15, -0.1) is 0 Å². The predicted molar refractivity (Wildman–Crippen MR) is 96.4 cm³/mol. The molecular weight excluding hydrogens is 318 g/mol. The Hall–Kier alpha value is -3.35. The van der Waals surface area contributed by atoms with Crippen molar-refractivity contribution < 1.29 is 9.47 Å². The van der Waals surface area contributed by atoms with Gasteiger partial charge in [-0.25, -0.2) is 4.98 Å². The molecule has 3 rings (SSSR count). The molecule has 0 unspecified atom stereocenters. The third-order valence-corrected chi connectivity index (χ3v) is 3.49. The highest BCUT2D eigenvalue weighted by Gasteiger charge is 2.06. The molecule has 3 aromatic rings. The van der Waals surface area contributed by atoms with Crippen LogP contribution in [0, 0.1) is 0 Å². The highest BCUT2D eigenvalue weighted by molar-refractivity contribution is 5.60. The zero-order chi connectivity index (χ0) is 17.5. The fourth-order valence-corrected chi connectivity index (χ4v) is 2.26. The molecule has 0 atom stereocenters. The van der Waals surface area contributed by atoms with Crippen LogP contribution >= 0.6 is 0 Å². The zero-order valence-corrected chi connectivity index (χ0v) is 14.1. The van der Waals surface area contributed by atoms with E-state index in [0.29, 0.717) is 24.0 Å². The second kappa shape index (κ2) is 7.96. The van der Waals surface area contributed by atoms with Crippen molar-refractivity contribution in [3.63, 3.8) is 0 Å². The van der Waals surface area contributed by atoms with Gasteiger partial charge >= 0.3 is 0 Å². The number of pyridine rings is 1. The Labute approximate surface area is 146 Å². The Morgan fingerprint density at radius 1 is 1.00 bits per heavy atom. The van der Waals surface area contributed by atoms with Gasteiger partial charge in [0.2, 0.25) is 5.95 Å². The van der Waals surface area contributed by atoms with Crippen molar-refractivity contribution in [1.29, 1.82) is 0 Å². The minimum absolute atomic E-state index is 0.489. The van der Waals surface area contributed by atoms with E-state index < -0.39 is 0 Å². The minimum atomic E-state index is 0.489. The number of nitrogens with one attached hydrogen (secondary N) is 2. The second-order valence-electron chi connectivity index (χ2n) is 5.18. The third-order valence-electron chi connectivity index (χ3n) is 3.49. The molecule has 7 heteroatoms. The fraction of sp³-hybridized carbons (Fsp3) is 0.167. The normalized spacial score (nSPS) is 10.2. The number of aromatic nitrogens is 3. The van der Waals surface area contributed by atoms with Crippen LogP contribution in [-0.2, 0) is 6.54 Å². The lowest BCUT2D eigenvalue weighted by atomic mass is 10.3. The van der Waals surface area contributed by atoms with E-state index in [1.807, 2.05) is 42.6 Å². The molecule has 2 aromatic heterocycles. The van der Waals surface area contributed by atoms with Crippen LogP contribution in [0.5, 0.6) is 11.5 Å².